The molecule has 0 radical (unpaired) electrons. The van der Waals surface area contributed by atoms with Crippen LogP contribution in [0.4, 0.5) is 11.4 Å². The van der Waals surface area contributed by atoms with Gasteiger partial charge in [-0.15, -0.1) is 0 Å². The Morgan fingerprint density at radius 1 is 0.698 bits per heavy atom. The SMILES string of the molecule is O=C(Oc1cccc(N2C(=O)[C@@H]3C4c5ccccc5C(c5ccccc54)[C@H]3C2=O)c1)[C@H]1CC(=O)N(c2ccc(Br)cc2)C1. The molecule has 43 heavy (non-hydrogen) atoms. The van der Waals surface area contributed by atoms with Crippen molar-refractivity contribution >= 4 is 51.0 Å². The van der Waals surface area contributed by atoms with Crippen molar-refractivity contribution in [1.82, 2.24) is 0 Å². The van der Waals surface area contributed by atoms with Gasteiger partial charge in [0.2, 0.25) is 17.7 Å². The predicted octanol–water partition coefficient (Wildman–Crippen LogP) is 5.80. The molecule has 4 aromatic carbocycles. The molecule has 2 heterocycles. The van der Waals surface area contributed by atoms with Crippen molar-refractivity contribution in [3.05, 3.63) is 124 Å². The van der Waals surface area contributed by atoms with Crippen molar-refractivity contribution in [2.45, 2.75) is 18.3 Å². The largest absolute Gasteiger partial charge is 0.426 e. The van der Waals surface area contributed by atoms with Gasteiger partial charge >= 0.3 is 5.97 Å². The van der Waals surface area contributed by atoms with Gasteiger partial charge in [-0.2, -0.15) is 0 Å². The van der Waals surface area contributed by atoms with Crippen LogP contribution in [0.2, 0.25) is 0 Å². The number of imide groups is 1. The molecule has 8 heteroatoms. The third-order valence-electron chi connectivity index (χ3n) is 9.34. The van der Waals surface area contributed by atoms with Crippen LogP contribution < -0.4 is 14.5 Å². The average molecular weight is 633 g/mol. The molecule has 4 aromatic rings. The Labute approximate surface area is 256 Å². The van der Waals surface area contributed by atoms with Crippen LogP contribution in [0.25, 0.3) is 0 Å². The molecule has 0 N–H and O–H groups in total. The summed E-state index contributed by atoms with van der Waals surface area (Å²) in [4.78, 5) is 56.9. The Hall–Kier alpha value is -4.56. The molecule has 2 aliphatic heterocycles. The third kappa shape index (κ3) is 3.93. The molecular formula is C35H25BrN2O5. The zero-order chi connectivity index (χ0) is 29.4. The summed E-state index contributed by atoms with van der Waals surface area (Å²) >= 11 is 3.40. The summed E-state index contributed by atoms with van der Waals surface area (Å²) in [5.74, 6) is -2.94. The van der Waals surface area contributed by atoms with E-state index in [0.29, 0.717) is 5.69 Å². The number of benzene rings is 4. The number of nitrogens with zero attached hydrogens (tertiary/aromatic N) is 2. The third-order valence-corrected chi connectivity index (χ3v) is 9.87. The van der Waals surface area contributed by atoms with E-state index >= 15 is 0 Å². The van der Waals surface area contributed by atoms with E-state index in [9.17, 15) is 19.2 Å². The normalized spacial score (nSPS) is 25.0. The van der Waals surface area contributed by atoms with Crippen LogP contribution in [0.3, 0.4) is 0 Å². The van der Waals surface area contributed by atoms with Gasteiger partial charge in [-0.3, -0.25) is 19.2 Å². The van der Waals surface area contributed by atoms with Crippen molar-refractivity contribution in [2.24, 2.45) is 17.8 Å². The first-order valence-corrected chi connectivity index (χ1v) is 15.1. The summed E-state index contributed by atoms with van der Waals surface area (Å²) < 4.78 is 6.62. The number of hydrogen-bond donors (Lipinski definition) is 0. The maximum Gasteiger partial charge on any atom is 0.316 e. The topological polar surface area (TPSA) is 84.0 Å². The fraction of sp³-hybridized carbons (Fsp3) is 0.200. The lowest BCUT2D eigenvalue weighted by Gasteiger charge is -2.45. The Bertz CT molecular complexity index is 1740. The van der Waals surface area contributed by atoms with Crippen LogP contribution in [0.1, 0.15) is 40.5 Å². The molecule has 2 fully saturated rings. The summed E-state index contributed by atoms with van der Waals surface area (Å²) in [6, 6.07) is 30.2. The van der Waals surface area contributed by atoms with Gasteiger partial charge in [0.1, 0.15) is 5.75 Å². The fourth-order valence-corrected chi connectivity index (χ4v) is 7.82. The number of esters is 1. The average Bonchev–Trinajstić information content (AvgIpc) is 3.54. The second-order valence-electron chi connectivity index (χ2n) is 11.6. The summed E-state index contributed by atoms with van der Waals surface area (Å²) in [5, 5.41) is 0. The molecule has 9 rings (SSSR count). The molecule has 0 spiro atoms. The lowest BCUT2D eigenvalue weighted by molar-refractivity contribution is -0.139. The first kappa shape index (κ1) is 26.1. The first-order chi connectivity index (χ1) is 20.9. The first-order valence-electron chi connectivity index (χ1n) is 14.3. The van der Waals surface area contributed by atoms with Crippen molar-refractivity contribution in [3.63, 3.8) is 0 Å². The minimum atomic E-state index is -0.634. The maximum absolute atomic E-state index is 14.1. The van der Waals surface area contributed by atoms with Crippen LogP contribution in [0, 0.1) is 17.8 Å². The number of ether oxygens (including phenoxy) is 1. The Morgan fingerprint density at radius 2 is 1.26 bits per heavy atom. The van der Waals surface area contributed by atoms with E-state index in [1.165, 1.54) is 4.90 Å². The van der Waals surface area contributed by atoms with Crippen LogP contribution in [0.15, 0.2) is 102 Å². The molecular weight excluding hydrogens is 608 g/mol. The number of carbonyl (C=O) groups is 4. The Morgan fingerprint density at radius 3 is 1.81 bits per heavy atom. The molecule has 212 valence electrons. The summed E-state index contributed by atoms with van der Waals surface area (Å²) in [6.07, 6.45) is 0.0466. The fourth-order valence-electron chi connectivity index (χ4n) is 7.55. The number of carbonyl (C=O) groups excluding carboxylic acids is 4. The van der Waals surface area contributed by atoms with E-state index in [-0.39, 0.29) is 48.3 Å². The van der Waals surface area contributed by atoms with Gasteiger partial charge in [0, 0.05) is 41.0 Å². The van der Waals surface area contributed by atoms with Crippen molar-refractivity contribution in [3.8, 4) is 5.75 Å². The second-order valence-corrected chi connectivity index (χ2v) is 12.5. The highest BCUT2D eigenvalue weighted by Gasteiger charge is 2.61. The quantitative estimate of drug-likeness (QED) is 0.161. The highest BCUT2D eigenvalue weighted by atomic mass is 79.9. The van der Waals surface area contributed by atoms with Crippen LogP contribution in [-0.4, -0.2) is 30.2 Å². The van der Waals surface area contributed by atoms with E-state index in [2.05, 4.69) is 40.2 Å². The maximum atomic E-state index is 14.1. The molecule has 3 amide bonds. The molecule has 3 aliphatic carbocycles. The van der Waals surface area contributed by atoms with E-state index in [1.54, 1.807) is 29.2 Å². The van der Waals surface area contributed by atoms with E-state index < -0.39 is 23.7 Å². The molecule has 5 aliphatic rings. The summed E-state index contributed by atoms with van der Waals surface area (Å²) in [6.45, 7) is 0.218. The summed E-state index contributed by atoms with van der Waals surface area (Å²) in [5.41, 5.74) is 5.54. The zero-order valence-electron chi connectivity index (χ0n) is 22.9. The number of anilines is 2. The van der Waals surface area contributed by atoms with Gasteiger partial charge in [-0.05, 0) is 58.7 Å². The van der Waals surface area contributed by atoms with Crippen LogP contribution >= 0.6 is 15.9 Å². The van der Waals surface area contributed by atoms with E-state index in [0.717, 1.165) is 32.4 Å². The lowest BCUT2D eigenvalue weighted by Crippen LogP contribution is -2.41. The van der Waals surface area contributed by atoms with Crippen LogP contribution in [-0.2, 0) is 19.2 Å². The van der Waals surface area contributed by atoms with E-state index in [1.807, 2.05) is 48.5 Å². The van der Waals surface area contributed by atoms with Crippen molar-refractivity contribution in [2.75, 3.05) is 16.3 Å². The van der Waals surface area contributed by atoms with Gasteiger partial charge in [-0.25, -0.2) is 4.90 Å². The standard InChI is InChI=1S/C35H25BrN2O5/c36-20-12-14-21(15-13-20)37-18-19(16-28(37)39)35(42)43-23-7-5-6-22(17-23)38-33(40)31-29-24-8-1-2-9-25(24)30(32(31)34(38)41)27-11-4-3-10-26(27)29/h1-15,17,19,29-32H,16,18H2/t19-,29?,30?,31+,32+/m0/s1. The Balaban J connectivity index is 1.06. The predicted molar refractivity (Wildman–Crippen MR) is 163 cm³/mol. The number of amides is 3. The molecule has 0 unspecified atom stereocenters. The smallest absolute Gasteiger partial charge is 0.316 e. The van der Waals surface area contributed by atoms with Crippen LogP contribution in [0.5, 0.6) is 5.75 Å². The number of rotatable bonds is 4. The highest BCUT2D eigenvalue weighted by Crippen LogP contribution is 2.61. The van der Waals surface area contributed by atoms with E-state index in [4.69, 9.17) is 4.74 Å². The molecule has 2 bridgehead atoms. The zero-order valence-corrected chi connectivity index (χ0v) is 24.4. The van der Waals surface area contributed by atoms with Gasteiger partial charge < -0.3 is 9.64 Å². The number of halogens is 1. The molecule has 0 saturated carbocycles. The molecule has 3 atom stereocenters. The van der Waals surface area contributed by atoms with Crippen molar-refractivity contribution < 1.29 is 23.9 Å². The van der Waals surface area contributed by atoms with Gasteiger partial charge in [0.15, 0.2) is 0 Å². The molecule has 0 aromatic heterocycles. The lowest BCUT2D eigenvalue weighted by atomic mass is 9.55. The summed E-state index contributed by atoms with van der Waals surface area (Å²) in [7, 11) is 0. The van der Waals surface area contributed by atoms with Crippen molar-refractivity contribution in [1.29, 1.82) is 0 Å². The van der Waals surface area contributed by atoms with Gasteiger partial charge in [-0.1, -0.05) is 70.5 Å². The van der Waals surface area contributed by atoms with Gasteiger partial charge in [0.25, 0.3) is 0 Å². The monoisotopic (exact) mass is 632 g/mol. The highest BCUT2D eigenvalue weighted by molar-refractivity contribution is 9.10. The Kier molecular flexibility index (Phi) is 5.91. The minimum absolute atomic E-state index is 0.0466. The molecule has 2 saturated heterocycles. The van der Waals surface area contributed by atoms with Gasteiger partial charge in [0.05, 0.1) is 23.4 Å². The second kappa shape index (κ2) is 9.74. The number of hydrogen-bond acceptors (Lipinski definition) is 5. The minimum Gasteiger partial charge on any atom is -0.426 e. The molecule has 7 nitrogen and oxygen atoms in total.